The van der Waals surface area contributed by atoms with Crippen LogP contribution in [-0.2, 0) is 20.2 Å². The standard InChI is InChI=1S/C18H29FN4O4S2/c1-20(2)29(26,27)23(14-13-21-10-3-4-11-21)17-9-12-22(15-17)28(24,25)18-7-5-16(19)6-8-18/h5-8,17H,3-4,9-15H2,1-2H3. The summed E-state index contributed by atoms with van der Waals surface area (Å²) in [7, 11) is -4.51. The summed E-state index contributed by atoms with van der Waals surface area (Å²) in [6, 6.07) is 4.26. The van der Waals surface area contributed by atoms with Gasteiger partial charge in [0.15, 0.2) is 0 Å². The molecule has 2 fully saturated rings. The molecule has 2 aliphatic rings. The predicted octanol–water partition coefficient (Wildman–Crippen LogP) is 0.793. The van der Waals surface area contributed by atoms with Crippen LogP contribution in [0.25, 0.3) is 0 Å². The zero-order chi connectivity index (χ0) is 21.2. The van der Waals surface area contributed by atoms with Crippen molar-refractivity contribution >= 4 is 20.2 Å². The third-order valence-electron chi connectivity index (χ3n) is 5.58. The van der Waals surface area contributed by atoms with Gasteiger partial charge in [0, 0.05) is 46.3 Å². The molecular formula is C18H29FN4O4S2. The van der Waals surface area contributed by atoms with Gasteiger partial charge in [-0.05, 0) is 56.6 Å². The van der Waals surface area contributed by atoms with Gasteiger partial charge in [0.1, 0.15) is 5.82 Å². The average molecular weight is 449 g/mol. The molecule has 8 nitrogen and oxygen atoms in total. The first-order valence-corrected chi connectivity index (χ1v) is 12.6. The lowest BCUT2D eigenvalue weighted by Gasteiger charge is -2.32. The van der Waals surface area contributed by atoms with Crippen LogP contribution in [0, 0.1) is 5.82 Å². The maximum absolute atomic E-state index is 13.1. The molecule has 0 aromatic heterocycles. The number of benzene rings is 1. The van der Waals surface area contributed by atoms with Gasteiger partial charge in [0.25, 0.3) is 10.2 Å². The normalized spacial score (nSPS) is 22.2. The molecule has 11 heteroatoms. The molecule has 0 bridgehead atoms. The number of rotatable bonds is 8. The van der Waals surface area contributed by atoms with E-state index in [4.69, 9.17) is 0 Å². The van der Waals surface area contributed by atoms with E-state index in [1.807, 2.05) is 0 Å². The zero-order valence-corrected chi connectivity index (χ0v) is 18.5. The lowest BCUT2D eigenvalue weighted by molar-refractivity contribution is 0.252. The molecule has 164 valence electrons. The van der Waals surface area contributed by atoms with E-state index in [9.17, 15) is 21.2 Å². The average Bonchev–Trinajstić information content (AvgIpc) is 3.34. The van der Waals surface area contributed by atoms with Crippen molar-refractivity contribution in [3.05, 3.63) is 30.1 Å². The molecule has 1 unspecified atom stereocenters. The lowest BCUT2D eigenvalue weighted by atomic mass is 10.2. The second kappa shape index (κ2) is 8.94. The van der Waals surface area contributed by atoms with Crippen LogP contribution in [0.3, 0.4) is 0 Å². The first-order valence-electron chi connectivity index (χ1n) is 9.80. The molecule has 2 heterocycles. The topological polar surface area (TPSA) is 81.2 Å². The summed E-state index contributed by atoms with van der Waals surface area (Å²) in [4.78, 5) is 2.25. The number of halogens is 1. The van der Waals surface area contributed by atoms with E-state index in [-0.39, 0.29) is 18.0 Å². The number of sulfonamides is 1. The van der Waals surface area contributed by atoms with Gasteiger partial charge < -0.3 is 4.90 Å². The van der Waals surface area contributed by atoms with Crippen LogP contribution >= 0.6 is 0 Å². The SMILES string of the molecule is CN(C)S(=O)(=O)N(CCN1CCCC1)C1CCN(S(=O)(=O)c2ccc(F)cc2)C1. The van der Waals surface area contributed by atoms with Crippen molar-refractivity contribution in [3.8, 4) is 0 Å². The largest absolute Gasteiger partial charge is 0.302 e. The van der Waals surface area contributed by atoms with Crippen molar-refractivity contribution in [1.82, 2.24) is 17.8 Å². The minimum absolute atomic E-state index is 0.0126. The molecule has 2 aliphatic heterocycles. The number of nitrogens with zero attached hydrogens (tertiary/aromatic N) is 4. The molecular weight excluding hydrogens is 419 g/mol. The van der Waals surface area contributed by atoms with Crippen LogP contribution in [0.1, 0.15) is 19.3 Å². The molecule has 0 spiro atoms. The molecule has 0 amide bonds. The maximum Gasteiger partial charge on any atom is 0.281 e. The number of hydrogen-bond donors (Lipinski definition) is 0. The van der Waals surface area contributed by atoms with E-state index in [1.54, 1.807) is 0 Å². The van der Waals surface area contributed by atoms with Crippen molar-refractivity contribution < 1.29 is 21.2 Å². The molecule has 1 aromatic rings. The van der Waals surface area contributed by atoms with E-state index in [1.165, 1.54) is 39.1 Å². The van der Waals surface area contributed by atoms with Crippen LogP contribution in [0.4, 0.5) is 4.39 Å². The minimum Gasteiger partial charge on any atom is -0.302 e. The summed E-state index contributed by atoms with van der Waals surface area (Å²) in [6.45, 7) is 3.21. The van der Waals surface area contributed by atoms with Crippen molar-refractivity contribution in [2.45, 2.75) is 30.2 Å². The highest BCUT2D eigenvalue weighted by Gasteiger charge is 2.40. The summed E-state index contributed by atoms with van der Waals surface area (Å²) >= 11 is 0. The fourth-order valence-corrected chi connectivity index (χ4v) is 6.63. The summed E-state index contributed by atoms with van der Waals surface area (Å²) in [6.07, 6.45) is 2.66. The Morgan fingerprint density at radius 3 is 2.24 bits per heavy atom. The Kier molecular flexibility index (Phi) is 6.96. The first kappa shape index (κ1) is 22.6. The van der Waals surface area contributed by atoms with Crippen LogP contribution in [-0.4, -0.2) is 94.1 Å². The smallest absolute Gasteiger partial charge is 0.281 e. The lowest BCUT2D eigenvalue weighted by Crippen LogP contribution is -2.50. The Hall–Kier alpha value is -1.11. The van der Waals surface area contributed by atoms with Gasteiger partial charge in [0.2, 0.25) is 10.0 Å². The van der Waals surface area contributed by atoms with E-state index in [2.05, 4.69) is 4.90 Å². The first-order chi connectivity index (χ1) is 13.6. The predicted molar refractivity (Wildman–Crippen MR) is 109 cm³/mol. The molecule has 1 atom stereocenters. The highest BCUT2D eigenvalue weighted by Crippen LogP contribution is 2.26. The second-order valence-electron chi connectivity index (χ2n) is 7.71. The third-order valence-corrected chi connectivity index (χ3v) is 9.45. The van der Waals surface area contributed by atoms with E-state index < -0.39 is 32.1 Å². The highest BCUT2D eigenvalue weighted by molar-refractivity contribution is 7.89. The summed E-state index contributed by atoms with van der Waals surface area (Å²) < 4.78 is 68.6. The molecule has 1 aromatic carbocycles. The van der Waals surface area contributed by atoms with Crippen molar-refractivity contribution in [3.63, 3.8) is 0 Å². The number of likely N-dealkylation sites (tertiary alicyclic amines) is 1. The van der Waals surface area contributed by atoms with Crippen LogP contribution in [0.2, 0.25) is 0 Å². The summed E-state index contributed by atoms with van der Waals surface area (Å²) in [5, 5.41) is 0. The molecule has 29 heavy (non-hydrogen) atoms. The van der Waals surface area contributed by atoms with E-state index in [0.717, 1.165) is 38.1 Å². The Morgan fingerprint density at radius 1 is 1.03 bits per heavy atom. The van der Waals surface area contributed by atoms with Gasteiger partial charge in [-0.25, -0.2) is 12.8 Å². The Morgan fingerprint density at radius 2 is 1.66 bits per heavy atom. The highest BCUT2D eigenvalue weighted by atomic mass is 32.2. The molecule has 0 N–H and O–H groups in total. The summed E-state index contributed by atoms with van der Waals surface area (Å²) in [5.74, 6) is -0.506. The van der Waals surface area contributed by atoms with Gasteiger partial charge in [0.05, 0.1) is 4.90 Å². The van der Waals surface area contributed by atoms with Gasteiger partial charge in [-0.1, -0.05) is 0 Å². The third kappa shape index (κ3) is 4.97. The minimum atomic E-state index is -3.80. The molecule has 3 rings (SSSR count). The van der Waals surface area contributed by atoms with Gasteiger partial charge in [-0.3, -0.25) is 0 Å². The zero-order valence-electron chi connectivity index (χ0n) is 16.9. The van der Waals surface area contributed by atoms with Crippen LogP contribution in [0.5, 0.6) is 0 Å². The van der Waals surface area contributed by atoms with E-state index >= 15 is 0 Å². The van der Waals surface area contributed by atoms with Crippen molar-refractivity contribution in [2.24, 2.45) is 0 Å². The molecule has 0 saturated carbocycles. The Labute approximate surface area is 173 Å². The van der Waals surface area contributed by atoms with Crippen LogP contribution in [0.15, 0.2) is 29.2 Å². The molecule has 0 radical (unpaired) electrons. The van der Waals surface area contributed by atoms with Gasteiger partial charge >= 0.3 is 0 Å². The van der Waals surface area contributed by atoms with Crippen LogP contribution < -0.4 is 0 Å². The van der Waals surface area contributed by atoms with Crippen molar-refractivity contribution in [2.75, 3.05) is 53.4 Å². The Balaban J connectivity index is 1.76. The quantitative estimate of drug-likeness (QED) is 0.588. The van der Waals surface area contributed by atoms with Gasteiger partial charge in [-0.2, -0.15) is 21.3 Å². The van der Waals surface area contributed by atoms with Gasteiger partial charge in [-0.15, -0.1) is 0 Å². The molecule has 0 aliphatic carbocycles. The van der Waals surface area contributed by atoms with Crippen molar-refractivity contribution in [1.29, 1.82) is 0 Å². The summed E-state index contributed by atoms with van der Waals surface area (Å²) in [5.41, 5.74) is 0. The maximum atomic E-state index is 13.1. The molecule has 2 saturated heterocycles. The second-order valence-corrected chi connectivity index (χ2v) is 11.7. The Bertz CT molecular complexity index is 900. The number of hydrogen-bond acceptors (Lipinski definition) is 5. The fourth-order valence-electron chi connectivity index (χ4n) is 3.86. The monoisotopic (exact) mass is 448 g/mol. The fraction of sp³-hybridized carbons (Fsp3) is 0.667. The van der Waals surface area contributed by atoms with E-state index in [0.29, 0.717) is 19.5 Å².